The number of aliphatic hydroxyl groups excluding tert-OH is 2. The molecule has 0 aliphatic heterocycles. The minimum Gasteiger partial charge on any atom is -0.466 e. The molecule has 6 heteroatoms. The summed E-state index contributed by atoms with van der Waals surface area (Å²) >= 11 is 0. The van der Waals surface area contributed by atoms with Crippen LogP contribution in [-0.4, -0.2) is 47.4 Å². The monoisotopic (exact) mass is 976 g/mol. The molecule has 0 fully saturated rings. The van der Waals surface area contributed by atoms with E-state index in [0.717, 1.165) is 38.5 Å². The zero-order chi connectivity index (χ0) is 50.0. The number of amides is 1. The number of ether oxygens (including phenoxy) is 1. The standard InChI is InChI=1S/C63H125NO5/c1-3-5-7-9-11-13-15-17-19-28-31-35-39-43-47-51-55-61(66)60(59-65)64-62(67)56-52-48-44-40-36-32-29-25-23-21-20-22-24-26-30-34-38-42-46-50-54-58-69-63(68)57-53-49-45-41-37-33-27-18-16-14-12-10-8-6-4-2/h60-61,65-66H,3-59H2,1-2H3,(H,64,67). The number of hydrogen-bond acceptors (Lipinski definition) is 5. The fraction of sp³-hybridized carbons (Fsp3) is 0.968. The lowest BCUT2D eigenvalue weighted by Gasteiger charge is -2.22. The molecule has 0 saturated carbocycles. The Balaban J connectivity index is 3.36. The number of carbonyl (C=O) groups excluding carboxylic acids is 2. The Labute approximate surface area is 432 Å². The Hall–Kier alpha value is -1.14. The van der Waals surface area contributed by atoms with E-state index in [-0.39, 0.29) is 18.5 Å². The number of aliphatic hydroxyl groups is 2. The number of hydrogen-bond donors (Lipinski definition) is 3. The van der Waals surface area contributed by atoms with Crippen molar-refractivity contribution < 1.29 is 24.5 Å². The molecule has 6 nitrogen and oxygen atoms in total. The Morgan fingerprint density at radius 2 is 0.594 bits per heavy atom. The van der Waals surface area contributed by atoms with Crippen LogP contribution in [0.3, 0.4) is 0 Å². The molecule has 0 saturated heterocycles. The summed E-state index contributed by atoms with van der Waals surface area (Å²) in [6.45, 7) is 4.99. The SMILES string of the molecule is CCCCCCCCCCCCCCCCCCC(O)C(CO)NC(=O)CCCCCCCCCCCCCCCCCCCCCCCOC(=O)CCCCCCCCCCCCCCCCC. The molecular formula is C63H125NO5. The van der Waals surface area contributed by atoms with Gasteiger partial charge in [-0.15, -0.1) is 0 Å². The topological polar surface area (TPSA) is 95.9 Å². The summed E-state index contributed by atoms with van der Waals surface area (Å²) < 4.78 is 5.49. The van der Waals surface area contributed by atoms with E-state index in [1.54, 1.807) is 0 Å². The molecule has 0 rings (SSSR count). The molecule has 0 aromatic rings. The van der Waals surface area contributed by atoms with Gasteiger partial charge in [-0.05, 0) is 25.7 Å². The second-order valence-corrected chi connectivity index (χ2v) is 22.1. The van der Waals surface area contributed by atoms with Crippen LogP contribution in [0.15, 0.2) is 0 Å². The van der Waals surface area contributed by atoms with Crippen LogP contribution in [0, 0.1) is 0 Å². The second-order valence-electron chi connectivity index (χ2n) is 22.1. The van der Waals surface area contributed by atoms with Crippen molar-refractivity contribution in [3.05, 3.63) is 0 Å². The van der Waals surface area contributed by atoms with Gasteiger partial charge in [0.25, 0.3) is 0 Å². The summed E-state index contributed by atoms with van der Waals surface area (Å²) in [6.07, 6.45) is 69.7. The van der Waals surface area contributed by atoms with E-state index in [1.165, 1.54) is 295 Å². The summed E-state index contributed by atoms with van der Waals surface area (Å²) in [5.41, 5.74) is 0. The van der Waals surface area contributed by atoms with E-state index in [0.29, 0.717) is 25.9 Å². The first kappa shape index (κ1) is 67.9. The van der Waals surface area contributed by atoms with Gasteiger partial charge in [-0.2, -0.15) is 0 Å². The van der Waals surface area contributed by atoms with Crippen LogP contribution in [0.5, 0.6) is 0 Å². The molecule has 2 atom stereocenters. The van der Waals surface area contributed by atoms with Gasteiger partial charge in [0.2, 0.25) is 5.91 Å². The van der Waals surface area contributed by atoms with E-state index < -0.39 is 12.1 Å². The first-order chi connectivity index (χ1) is 34.0. The lowest BCUT2D eigenvalue weighted by molar-refractivity contribution is -0.143. The molecule has 0 aromatic carbocycles. The van der Waals surface area contributed by atoms with Crippen LogP contribution in [-0.2, 0) is 14.3 Å². The van der Waals surface area contributed by atoms with E-state index in [4.69, 9.17) is 4.74 Å². The van der Waals surface area contributed by atoms with Gasteiger partial charge in [-0.1, -0.05) is 328 Å². The molecule has 0 aromatic heterocycles. The van der Waals surface area contributed by atoms with E-state index in [9.17, 15) is 19.8 Å². The van der Waals surface area contributed by atoms with Crippen LogP contribution in [0.4, 0.5) is 0 Å². The third kappa shape index (κ3) is 56.0. The molecule has 0 bridgehead atoms. The van der Waals surface area contributed by atoms with Crippen LogP contribution in [0.1, 0.15) is 367 Å². The molecule has 3 N–H and O–H groups in total. The zero-order valence-electron chi connectivity index (χ0n) is 47.1. The van der Waals surface area contributed by atoms with Crippen LogP contribution in [0.2, 0.25) is 0 Å². The quantitative estimate of drug-likeness (QED) is 0.0417. The highest BCUT2D eigenvalue weighted by Crippen LogP contribution is 2.19. The molecule has 0 radical (unpaired) electrons. The maximum absolute atomic E-state index is 12.5. The summed E-state index contributed by atoms with van der Waals surface area (Å²) in [6, 6.07) is -0.541. The predicted octanol–water partition coefficient (Wildman–Crippen LogP) is 19.9. The number of esters is 1. The normalized spacial score (nSPS) is 12.5. The molecule has 0 heterocycles. The number of nitrogens with one attached hydrogen (secondary N) is 1. The molecule has 2 unspecified atom stereocenters. The molecule has 1 amide bonds. The van der Waals surface area contributed by atoms with Crippen LogP contribution < -0.4 is 5.32 Å². The molecule has 0 spiro atoms. The second kappa shape index (κ2) is 59.4. The molecule has 412 valence electrons. The Morgan fingerprint density at radius 3 is 0.884 bits per heavy atom. The van der Waals surface area contributed by atoms with E-state index in [2.05, 4.69) is 19.2 Å². The highest BCUT2D eigenvalue weighted by Gasteiger charge is 2.20. The Kier molecular flexibility index (Phi) is 58.4. The van der Waals surface area contributed by atoms with Crippen molar-refractivity contribution in [2.45, 2.75) is 379 Å². The molecule has 69 heavy (non-hydrogen) atoms. The highest BCUT2D eigenvalue weighted by atomic mass is 16.5. The Morgan fingerprint density at radius 1 is 0.348 bits per heavy atom. The van der Waals surface area contributed by atoms with Crippen molar-refractivity contribution in [3.63, 3.8) is 0 Å². The van der Waals surface area contributed by atoms with E-state index in [1.807, 2.05) is 0 Å². The van der Waals surface area contributed by atoms with Gasteiger partial charge < -0.3 is 20.3 Å². The van der Waals surface area contributed by atoms with Crippen molar-refractivity contribution in [3.8, 4) is 0 Å². The van der Waals surface area contributed by atoms with Gasteiger partial charge in [0, 0.05) is 12.8 Å². The van der Waals surface area contributed by atoms with E-state index >= 15 is 0 Å². The van der Waals surface area contributed by atoms with Gasteiger partial charge in [0.1, 0.15) is 0 Å². The van der Waals surface area contributed by atoms with Crippen LogP contribution in [0.25, 0.3) is 0 Å². The number of unbranched alkanes of at least 4 members (excludes halogenated alkanes) is 49. The summed E-state index contributed by atoms with van der Waals surface area (Å²) in [4.78, 5) is 24.6. The first-order valence-electron chi connectivity index (χ1n) is 31.8. The maximum atomic E-state index is 12.5. The minimum absolute atomic E-state index is 0.0161. The largest absolute Gasteiger partial charge is 0.466 e. The van der Waals surface area contributed by atoms with Crippen molar-refractivity contribution in [2.75, 3.05) is 13.2 Å². The maximum Gasteiger partial charge on any atom is 0.305 e. The average Bonchev–Trinajstić information content (AvgIpc) is 3.35. The molecular weight excluding hydrogens is 851 g/mol. The summed E-state index contributed by atoms with van der Waals surface area (Å²) in [7, 11) is 0. The number of rotatable bonds is 60. The fourth-order valence-electron chi connectivity index (χ4n) is 10.3. The van der Waals surface area contributed by atoms with Crippen LogP contribution >= 0.6 is 0 Å². The zero-order valence-corrected chi connectivity index (χ0v) is 47.1. The lowest BCUT2D eigenvalue weighted by Crippen LogP contribution is -2.45. The van der Waals surface area contributed by atoms with Crippen molar-refractivity contribution >= 4 is 11.9 Å². The first-order valence-corrected chi connectivity index (χ1v) is 31.8. The van der Waals surface area contributed by atoms with Gasteiger partial charge in [-0.25, -0.2) is 0 Å². The minimum atomic E-state index is -0.664. The third-order valence-electron chi connectivity index (χ3n) is 15.2. The summed E-state index contributed by atoms with van der Waals surface area (Å²) in [5, 5.41) is 23.3. The average molecular weight is 977 g/mol. The molecule has 0 aliphatic rings. The van der Waals surface area contributed by atoms with Gasteiger partial charge in [0.15, 0.2) is 0 Å². The molecule has 0 aliphatic carbocycles. The predicted molar refractivity (Wildman–Crippen MR) is 301 cm³/mol. The third-order valence-corrected chi connectivity index (χ3v) is 15.2. The van der Waals surface area contributed by atoms with Crippen molar-refractivity contribution in [1.82, 2.24) is 5.32 Å². The van der Waals surface area contributed by atoms with Crippen molar-refractivity contribution in [1.29, 1.82) is 0 Å². The smallest absolute Gasteiger partial charge is 0.305 e. The van der Waals surface area contributed by atoms with Gasteiger partial charge >= 0.3 is 5.97 Å². The van der Waals surface area contributed by atoms with Gasteiger partial charge in [0.05, 0.1) is 25.4 Å². The van der Waals surface area contributed by atoms with Crippen molar-refractivity contribution in [2.24, 2.45) is 0 Å². The number of carbonyl (C=O) groups is 2. The lowest BCUT2D eigenvalue weighted by atomic mass is 10.0. The van der Waals surface area contributed by atoms with Gasteiger partial charge in [-0.3, -0.25) is 9.59 Å². The summed E-state index contributed by atoms with van der Waals surface area (Å²) in [5.74, 6) is -0.0162. The Bertz CT molecular complexity index is 990. The fourth-order valence-corrected chi connectivity index (χ4v) is 10.3. The highest BCUT2D eigenvalue weighted by molar-refractivity contribution is 5.76.